The van der Waals surface area contributed by atoms with Crippen molar-refractivity contribution in [3.05, 3.63) is 29.8 Å². The van der Waals surface area contributed by atoms with E-state index in [0.29, 0.717) is 0 Å². The Kier molecular flexibility index (Phi) is 6.76. The summed E-state index contributed by atoms with van der Waals surface area (Å²) in [6.07, 6.45) is 9.47. The van der Waals surface area contributed by atoms with E-state index in [2.05, 4.69) is 26.0 Å². The lowest BCUT2D eigenvalue weighted by atomic mass is 9.95. The number of anilines is 1. The first-order valence-corrected chi connectivity index (χ1v) is 7.06. The Morgan fingerprint density at radius 1 is 1.00 bits per heavy atom. The van der Waals surface area contributed by atoms with E-state index in [4.69, 9.17) is 5.73 Å². The van der Waals surface area contributed by atoms with Gasteiger partial charge in [-0.1, -0.05) is 64.5 Å². The average molecular weight is 233 g/mol. The molecule has 0 aromatic heterocycles. The van der Waals surface area contributed by atoms with Crippen molar-refractivity contribution in [2.45, 2.75) is 58.8 Å². The summed E-state index contributed by atoms with van der Waals surface area (Å²) >= 11 is 0. The van der Waals surface area contributed by atoms with Crippen LogP contribution in [0.2, 0.25) is 0 Å². The summed E-state index contributed by atoms with van der Waals surface area (Å²) in [5.41, 5.74) is 7.96. The van der Waals surface area contributed by atoms with Crippen molar-refractivity contribution >= 4 is 5.69 Å². The summed E-state index contributed by atoms with van der Waals surface area (Å²) in [7, 11) is 0. The quantitative estimate of drug-likeness (QED) is 0.506. The van der Waals surface area contributed by atoms with Crippen LogP contribution in [0.1, 0.15) is 57.9 Å². The van der Waals surface area contributed by atoms with Crippen molar-refractivity contribution in [3.8, 4) is 0 Å². The Hall–Kier alpha value is -0.980. The van der Waals surface area contributed by atoms with Crippen LogP contribution in [0, 0.1) is 5.92 Å². The molecule has 0 aliphatic rings. The van der Waals surface area contributed by atoms with E-state index in [1.54, 1.807) is 0 Å². The summed E-state index contributed by atoms with van der Waals surface area (Å²) in [5.74, 6) is 0.792. The van der Waals surface area contributed by atoms with Crippen LogP contribution in [0.5, 0.6) is 0 Å². The molecule has 0 amide bonds. The number of unbranched alkanes of at least 4 members (excludes halogenated alkanes) is 4. The zero-order valence-electron chi connectivity index (χ0n) is 11.4. The molecule has 0 fully saturated rings. The molecule has 1 unspecified atom stereocenters. The predicted octanol–water partition coefficient (Wildman–Crippen LogP) is 4.81. The van der Waals surface area contributed by atoms with E-state index in [9.17, 15) is 0 Å². The van der Waals surface area contributed by atoms with E-state index < -0.39 is 0 Å². The monoisotopic (exact) mass is 233 g/mol. The van der Waals surface area contributed by atoms with Gasteiger partial charge in [0.1, 0.15) is 0 Å². The molecule has 0 saturated heterocycles. The fraction of sp³-hybridized carbons (Fsp3) is 0.625. The van der Waals surface area contributed by atoms with Crippen LogP contribution in [0.4, 0.5) is 5.69 Å². The smallest absolute Gasteiger partial charge is 0.0314 e. The number of hydrogen-bond acceptors (Lipinski definition) is 1. The van der Waals surface area contributed by atoms with Gasteiger partial charge in [0.2, 0.25) is 0 Å². The van der Waals surface area contributed by atoms with Crippen LogP contribution in [0.3, 0.4) is 0 Å². The lowest BCUT2D eigenvalue weighted by Crippen LogP contribution is -2.00. The molecule has 0 aliphatic carbocycles. The van der Waals surface area contributed by atoms with Crippen LogP contribution < -0.4 is 5.73 Å². The van der Waals surface area contributed by atoms with E-state index in [1.165, 1.54) is 50.5 Å². The Bertz CT molecular complexity index is 289. The maximum Gasteiger partial charge on any atom is 0.0314 e. The van der Waals surface area contributed by atoms with Gasteiger partial charge in [0.05, 0.1) is 0 Å². The van der Waals surface area contributed by atoms with Gasteiger partial charge in [-0.2, -0.15) is 0 Å². The van der Waals surface area contributed by atoms with Crippen LogP contribution in [0.15, 0.2) is 24.3 Å². The second-order valence-electron chi connectivity index (χ2n) is 5.25. The van der Waals surface area contributed by atoms with Crippen LogP contribution in [-0.2, 0) is 6.42 Å². The maximum atomic E-state index is 5.68. The third-order valence-electron chi connectivity index (χ3n) is 3.36. The molecule has 17 heavy (non-hydrogen) atoms. The van der Waals surface area contributed by atoms with Crippen LogP contribution >= 0.6 is 0 Å². The highest BCUT2D eigenvalue weighted by atomic mass is 14.5. The topological polar surface area (TPSA) is 26.0 Å². The number of nitrogens with two attached hydrogens (primary N) is 1. The Morgan fingerprint density at radius 3 is 2.29 bits per heavy atom. The van der Waals surface area contributed by atoms with E-state index in [0.717, 1.165) is 11.6 Å². The number of nitrogen functional groups attached to an aromatic ring is 1. The van der Waals surface area contributed by atoms with Gasteiger partial charge in [-0.05, 0) is 30.0 Å². The van der Waals surface area contributed by atoms with Crippen LogP contribution in [-0.4, -0.2) is 0 Å². The molecule has 1 heteroatoms. The van der Waals surface area contributed by atoms with E-state index in [1.807, 2.05) is 12.1 Å². The van der Waals surface area contributed by atoms with Gasteiger partial charge in [-0.25, -0.2) is 0 Å². The van der Waals surface area contributed by atoms with E-state index >= 15 is 0 Å². The molecule has 1 nitrogen and oxygen atoms in total. The van der Waals surface area contributed by atoms with Crippen molar-refractivity contribution in [2.24, 2.45) is 5.92 Å². The van der Waals surface area contributed by atoms with Gasteiger partial charge >= 0.3 is 0 Å². The van der Waals surface area contributed by atoms with Crippen LogP contribution in [0.25, 0.3) is 0 Å². The van der Waals surface area contributed by atoms with Crippen molar-refractivity contribution in [2.75, 3.05) is 5.73 Å². The number of benzene rings is 1. The molecule has 0 heterocycles. The Morgan fingerprint density at radius 2 is 1.65 bits per heavy atom. The summed E-state index contributed by atoms with van der Waals surface area (Å²) in [5, 5.41) is 0. The zero-order valence-corrected chi connectivity index (χ0v) is 11.4. The number of hydrogen-bond donors (Lipinski definition) is 1. The summed E-state index contributed by atoms with van der Waals surface area (Å²) in [6, 6.07) is 8.32. The van der Waals surface area contributed by atoms with Gasteiger partial charge in [-0.15, -0.1) is 0 Å². The van der Waals surface area contributed by atoms with Crippen molar-refractivity contribution in [1.29, 1.82) is 0 Å². The summed E-state index contributed by atoms with van der Waals surface area (Å²) in [4.78, 5) is 0. The summed E-state index contributed by atoms with van der Waals surface area (Å²) < 4.78 is 0. The lowest BCUT2D eigenvalue weighted by Gasteiger charge is -2.11. The number of rotatable bonds is 8. The second kappa shape index (κ2) is 8.16. The third kappa shape index (κ3) is 6.35. The van der Waals surface area contributed by atoms with Gasteiger partial charge in [0.25, 0.3) is 0 Å². The van der Waals surface area contributed by atoms with Crippen molar-refractivity contribution < 1.29 is 0 Å². The first-order valence-electron chi connectivity index (χ1n) is 7.06. The standard InChI is InChI=1S/C16H27N/c1-3-4-5-6-7-8-14(2)13-15-9-11-16(17)12-10-15/h9-12,14H,3-8,13,17H2,1-2H3. The highest BCUT2D eigenvalue weighted by Gasteiger charge is 2.03. The van der Waals surface area contributed by atoms with Gasteiger partial charge in [-0.3, -0.25) is 0 Å². The predicted molar refractivity (Wildman–Crippen MR) is 77.1 cm³/mol. The van der Waals surface area contributed by atoms with E-state index in [-0.39, 0.29) is 0 Å². The molecule has 1 aromatic rings. The minimum Gasteiger partial charge on any atom is -0.399 e. The van der Waals surface area contributed by atoms with Gasteiger partial charge in [0.15, 0.2) is 0 Å². The largest absolute Gasteiger partial charge is 0.399 e. The molecule has 0 saturated carbocycles. The van der Waals surface area contributed by atoms with Crippen molar-refractivity contribution in [1.82, 2.24) is 0 Å². The fourth-order valence-corrected chi connectivity index (χ4v) is 2.25. The van der Waals surface area contributed by atoms with Gasteiger partial charge < -0.3 is 5.73 Å². The molecule has 96 valence electrons. The first kappa shape index (κ1) is 14.1. The Balaban J connectivity index is 2.16. The molecular formula is C16H27N. The molecule has 0 spiro atoms. The fourth-order valence-electron chi connectivity index (χ4n) is 2.25. The molecule has 0 aliphatic heterocycles. The average Bonchev–Trinajstić information content (AvgIpc) is 2.32. The first-order chi connectivity index (χ1) is 8.22. The Labute approximate surface area is 106 Å². The SMILES string of the molecule is CCCCCCCC(C)Cc1ccc(N)cc1. The normalized spacial score (nSPS) is 12.6. The minimum absolute atomic E-state index is 0.792. The molecule has 0 radical (unpaired) electrons. The summed E-state index contributed by atoms with van der Waals surface area (Å²) in [6.45, 7) is 4.62. The lowest BCUT2D eigenvalue weighted by molar-refractivity contribution is 0.483. The van der Waals surface area contributed by atoms with Gasteiger partial charge in [0, 0.05) is 5.69 Å². The molecule has 2 N–H and O–H groups in total. The zero-order chi connectivity index (χ0) is 12.5. The second-order valence-corrected chi connectivity index (χ2v) is 5.25. The molecular weight excluding hydrogens is 206 g/mol. The molecule has 0 bridgehead atoms. The molecule has 1 atom stereocenters. The highest BCUT2D eigenvalue weighted by Crippen LogP contribution is 2.17. The highest BCUT2D eigenvalue weighted by molar-refractivity contribution is 5.39. The molecule has 1 rings (SSSR count). The maximum absolute atomic E-state index is 5.68. The third-order valence-corrected chi connectivity index (χ3v) is 3.36. The minimum atomic E-state index is 0.792. The molecule has 1 aromatic carbocycles. The van der Waals surface area contributed by atoms with Crippen molar-refractivity contribution in [3.63, 3.8) is 0 Å².